The normalized spacial score (nSPS) is 29.1. The highest BCUT2D eigenvalue weighted by atomic mass is 35.5. The minimum atomic E-state index is 0.00453. The van der Waals surface area contributed by atoms with Crippen LogP contribution in [0.3, 0.4) is 0 Å². The highest BCUT2D eigenvalue weighted by molar-refractivity contribution is 6.18. The van der Waals surface area contributed by atoms with Gasteiger partial charge in [0, 0.05) is 6.61 Å². The van der Waals surface area contributed by atoms with Crippen molar-refractivity contribution in [1.29, 1.82) is 0 Å². The van der Waals surface area contributed by atoms with Crippen LogP contribution in [0.1, 0.15) is 32.1 Å². The van der Waals surface area contributed by atoms with Crippen LogP contribution in [0.4, 0.5) is 0 Å². The van der Waals surface area contributed by atoms with Crippen molar-refractivity contribution in [3.05, 3.63) is 12.7 Å². The first kappa shape index (κ1) is 10.1. The number of alkyl halides is 1. The van der Waals surface area contributed by atoms with Gasteiger partial charge in [-0.05, 0) is 32.1 Å². The van der Waals surface area contributed by atoms with Gasteiger partial charge in [0.05, 0.1) is 11.5 Å². The van der Waals surface area contributed by atoms with E-state index in [1.54, 1.807) is 0 Å². The molecule has 0 saturated carbocycles. The van der Waals surface area contributed by atoms with Crippen LogP contribution in [0, 0.1) is 0 Å². The van der Waals surface area contributed by atoms with Gasteiger partial charge < -0.3 is 4.74 Å². The number of allylic oxidation sites excluding steroid dienone is 1. The molecule has 0 aromatic rings. The molecule has 1 aliphatic rings. The van der Waals surface area contributed by atoms with E-state index < -0.39 is 0 Å². The maximum absolute atomic E-state index is 5.89. The number of unbranched alkanes of at least 4 members (excludes halogenated alkanes) is 1. The highest BCUT2D eigenvalue weighted by Crippen LogP contribution is 2.31. The second kappa shape index (κ2) is 4.88. The number of hydrogen-bond donors (Lipinski definition) is 0. The zero-order chi connectivity index (χ0) is 8.86. The fraction of sp³-hybridized carbons (Fsp3) is 0.800. The molecule has 0 amide bonds. The summed E-state index contributed by atoms with van der Waals surface area (Å²) in [5.41, 5.74) is 0.00453. The van der Waals surface area contributed by atoms with E-state index in [9.17, 15) is 0 Å². The first-order chi connectivity index (χ1) is 5.83. The summed E-state index contributed by atoms with van der Waals surface area (Å²) in [4.78, 5) is 0. The summed E-state index contributed by atoms with van der Waals surface area (Å²) >= 11 is 5.89. The van der Waals surface area contributed by atoms with Crippen molar-refractivity contribution < 1.29 is 4.74 Å². The van der Waals surface area contributed by atoms with Crippen molar-refractivity contribution in [2.45, 2.75) is 37.7 Å². The summed E-state index contributed by atoms with van der Waals surface area (Å²) in [6, 6.07) is 0. The Balaban J connectivity index is 2.28. The maximum Gasteiger partial charge on any atom is 0.0818 e. The van der Waals surface area contributed by atoms with Crippen LogP contribution in [0.15, 0.2) is 12.7 Å². The smallest absolute Gasteiger partial charge is 0.0818 e. The Kier molecular flexibility index (Phi) is 4.10. The molecule has 1 nitrogen and oxygen atoms in total. The zero-order valence-corrected chi connectivity index (χ0v) is 8.28. The molecule has 0 aromatic heterocycles. The van der Waals surface area contributed by atoms with E-state index in [1.807, 2.05) is 6.08 Å². The van der Waals surface area contributed by atoms with E-state index in [0.717, 1.165) is 32.3 Å². The lowest BCUT2D eigenvalue weighted by Gasteiger charge is -2.25. The van der Waals surface area contributed by atoms with Crippen LogP contribution >= 0.6 is 11.6 Å². The molecule has 0 N–H and O–H groups in total. The lowest BCUT2D eigenvalue weighted by atomic mass is 9.95. The molecule has 1 aliphatic heterocycles. The molecule has 70 valence electrons. The number of ether oxygens (including phenoxy) is 1. The highest BCUT2D eigenvalue weighted by Gasteiger charge is 2.33. The van der Waals surface area contributed by atoms with E-state index in [2.05, 4.69) is 6.58 Å². The third-order valence-electron chi connectivity index (χ3n) is 2.47. The van der Waals surface area contributed by atoms with Crippen LogP contribution in [0.2, 0.25) is 0 Å². The summed E-state index contributed by atoms with van der Waals surface area (Å²) in [7, 11) is 0. The topological polar surface area (TPSA) is 9.23 Å². The van der Waals surface area contributed by atoms with Crippen molar-refractivity contribution in [1.82, 2.24) is 0 Å². The molecule has 0 spiro atoms. The molecule has 0 aliphatic carbocycles. The van der Waals surface area contributed by atoms with Gasteiger partial charge >= 0.3 is 0 Å². The second-order valence-corrected chi connectivity index (χ2v) is 3.72. The van der Waals surface area contributed by atoms with Gasteiger partial charge in [-0.15, -0.1) is 18.2 Å². The summed E-state index contributed by atoms with van der Waals surface area (Å²) < 4.78 is 5.67. The van der Waals surface area contributed by atoms with Crippen LogP contribution in [-0.2, 0) is 4.74 Å². The van der Waals surface area contributed by atoms with E-state index in [4.69, 9.17) is 16.3 Å². The SMILES string of the molecule is C=CCCCC1(CCl)CCCO1. The molecule has 1 atom stereocenters. The Hall–Kier alpha value is -0.0100. The van der Waals surface area contributed by atoms with Crippen molar-refractivity contribution in [3.8, 4) is 0 Å². The summed E-state index contributed by atoms with van der Waals surface area (Å²) in [5.74, 6) is 0.643. The van der Waals surface area contributed by atoms with Crippen molar-refractivity contribution in [2.24, 2.45) is 0 Å². The van der Waals surface area contributed by atoms with Crippen LogP contribution in [0.5, 0.6) is 0 Å². The standard InChI is InChI=1S/C10H17ClO/c1-2-3-4-6-10(9-11)7-5-8-12-10/h2H,1,3-9H2. The second-order valence-electron chi connectivity index (χ2n) is 3.45. The average molecular weight is 189 g/mol. The van der Waals surface area contributed by atoms with Gasteiger partial charge in [-0.2, -0.15) is 0 Å². The molecular formula is C10H17ClO. The molecule has 0 radical (unpaired) electrons. The molecule has 1 saturated heterocycles. The Labute approximate surface area is 79.7 Å². The van der Waals surface area contributed by atoms with Crippen LogP contribution in [-0.4, -0.2) is 18.1 Å². The monoisotopic (exact) mass is 188 g/mol. The van der Waals surface area contributed by atoms with Crippen LogP contribution < -0.4 is 0 Å². The zero-order valence-electron chi connectivity index (χ0n) is 7.52. The fourth-order valence-corrected chi connectivity index (χ4v) is 2.04. The summed E-state index contributed by atoms with van der Waals surface area (Å²) in [6.45, 7) is 4.59. The Morgan fingerprint density at radius 2 is 2.42 bits per heavy atom. The van der Waals surface area contributed by atoms with Gasteiger partial charge in [0.1, 0.15) is 0 Å². The molecule has 0 bridgehead atoms. The summed E-state index contributed by atoms with van der Waals surface area (Å²) in [5, 5.41) is 0. The predicted octanol–water partition coefficient (Wildman–Crippen LogP) is 3.13. The minimum absolute atomic E-state index is 0.00453. The van der Waals surface area contributed by atoms with Gasteiger partial charge in [-0.1, -0.05) is 6.08 Å². The third kappa shape index (κ3) is 2.49. The third-order valence-corrected chi connectivity index (χ3v) is 2.96. The van der Waals surface area contributed by atoms with Crippen molar-refractivity contribution >= 4 is 11.6 Å². The quantitative estimate of drug-likeness (QED) is 0.366. The van der Waals surface area contributed by atoms with E-state index in [-0.39, 0.29) is 5.60 Å². The molecule has 12 heavy (non-hydrogen) atoms. The van der Waals surface area contributed by atoms with Gasteiger partial charge in [-0.3, -0.25) is 0 Å². The number of rotatable bonds is 5. The first-order valence-corrected chi connectivity index (χ1v) is 5.17. The summed E-state index contributed by atoms with van der Waals surface area (Å²) in [6.07, 6.45) is 7.56. The molecule has 1 fully saturated rings. The lowest BCUT2D eigenvalue weighted by Crippen LogP contribution is -2.29. The Morgan fingerprint density at radius 3 is 2.92 bits per heavy atom. The maximum atomic E-state index is 5.89. The number of hydrogen-bond acceptors (Lipinski definition) is 1. The van der Waals surface area contributed by atoms with Crippen molar-refractivity contribution in [3.63, 3.8) is 0 Å². The molecular weight excluding hydrogens is 172 g/mol. The molecule has 1 heterocycles. The van der Waals surface area contributed by atoms with Gasteiger partial charge in [0.2, 0.25) is 0 Å². The van der Waals surface area contributed by atoms with E-state index >= 15 is 0 Å². The van der Waals surface area contributed by atoms with Gasteiger partial charge in [0.25, 0.3) is 0 Å². The minimum Gasteiger partial charge on any atom is -0.374 e. The van der Waals surface area contributed by atoms with Crippen LogP contribution in [0.25, 0.3) is 0 Å². The predicted molar refractivity (Wildman–Crippen MR) is 52.7 cm³/mol. The molecule has 0 aromatic carbocycles. The fourth-order valence-electron chi connectivity index (χ4n) is 1.69. The average Bonchev–Trinajstić information content (AvgIpc) is 2.55. The molecule has 1 rings (SSSR count). The molecule has 2 heteroatoms. The largest absolute Gasteiger partial charge is 0.374 e. The first-order valence-electron chi connectivity index (χ1n) is 4.64. The van der Waals surface area contributed by atoms with Gasteiger partial charge in [-0.25, -0.2) is 0 Å². The Bertz CT molecular complexity index is 139. The van der Waals surface area contributed by atoms with E-state index in [1.165, 1.54) is 6.42 Å². The lowest BCUT2D eigenvalue weighted by molar-refractivity contribution is 0.0150. The van der Waals surface area contributed by atoms with Crippen molar-refractivity contribution in [2.75, 3.05) is 12.5 Å². The van der Waals surface area contributed by atoms with E-state index in [0.29, 0.717) is 5.88 Å². The Morgan fingerprint density at radius 1 is 1.58 bits per heavy atom. The van der Waals surface area contributed by atoms with Gasteiger partial charge in [0.15, 0.2) is 0 Å². The number of halogens is 1. The molecule has 1 unspecified atom stereocenters.